The molecule has 1 aromatic rings. The standard InChI is InChI=1S/C20H25F3N2O/c1-18(2)12-19(13-25(18)16-6-4-15(21)5-7-16)8-3-9-24(19)17(26)14-10-20(22,23)11-14/h4-7,14H,3,8-13H2,1-2H3. The molecule has 1 atom stereocenters. The number of halogens is 3. The van der Waals surface area contributed by atoms with Gasteiger partial charge in [-0.1, -0.05) is 0 Å². The van der Waals surface area contributed by atoms with Gasteiger partial charge in [0, 0.05) is 43.1 Å². The lowest BCUT2D eigenvalue weighted by molar-refractivity contribution is -0.163. The van der Waals surface area contributed by atoms with E-state index < -0.39 is 11.8 Å². The highest BCUT2D eigenvalue weighted by Gasteiger charge is 2.58. The summed E-state index contributed by atoms with van der Waals surface area (Å²) in [6.45, 7) is 5.57. The van der Waals surface area contributed by atoms with Crippen LogP contribution in [0.4, 0.5) is 18.9 Å². The number of rotatable bonds is 2. The summed E-state index contributed by atoms with van der Waals surface area (Å²) in [4.78, 5) is 17.0. The number of carbonyl (C=O) groups is 1. The first-order chi connectivity index (χ1) is 12.1. The number of benzene rings is 1. The zero-order valence-corrected chi connectivity index (χ0v) is 15.3. The minimum Gasteiger partial charge on any atom is -0.364 e. The Labute approximate surface area is 152 Å². The van der Waals surface area contributed by atoms with Gasteiger partial charge in [-0.05, 0) is 57.4 Å². The molecule has 0 aromatic heterocycles. The van der Waals surface area contributed by atoms with E-state index in [4.69, 9.17) is 0 Å². The number of hydrogen-bond acceptors (Lipinski definition) is 2. The monoisotopic (exact) mass is 366 g/mol. The smallest absolute Gasteiger partial charge is 0.249 e. The number of alkyl halides is 2. The maximum absolute atomic E-state index is 13.3. The van der Waals surface area contributed by atoms with E-state index in [0.717, 1.165) is 24.9 Å². The fourth-order valence-corrected chi connectivity index (χ4v) is 5.21. The third kappa shape index (κ3) is 2.78. The zero-order chi connectivity index (χ0) is 18.7. The number of nitrogens with zero attached hydrogens (tertiary/aromatic N) is 2. The van der Waals surface area contributed by atoms with Crippen LogP contribution in [0.2, 0.25) is 0 Å². The van der Waals surface area contributed by atoms with Crippen molar-refractivity contribution in [3.63, 3.8) is 0 Å². The summed E-state index contributed by atoms with van der Waals surface area (Å²) < 4.78 is 39.8. The van der Waals surface area contributed by atoms with Crippen molar-refractivity contribution in [2.75, 3.05) is 18.0 Å². The highest BCUT2D eigenvalue weighted by molar-refractivity contribution is 5.81. The van der Waals surface area contributed by atoms with Crippen LogP contribution in [-0.4, -0.2) is 40.9 Å². The fourth-order valence-electron chi connectivity index (χ4n) is 5.21. The first-order valence-electron chi connectivity index (χ1n) is 9.35. The molecule has 1 aliphatic carbocycles. The normalized spacial score (nSPS) is 30.0. The Kier molecular flexibility index (Phi) is 3.83. The van der Waals surface area contributed by atoms with Crippen molar-refractivity contribution in [2.24, 2.45) is 5.92 Å². The second kappa shape index (κ2) is 5.64. The Bertz CT molecular complexity index is 710. The van der Waals surface area contributed by atoms with E-state index in [1.165, 1.54) is 12.1 Å². The first kappa shape index (κ1) is 17.7. The van der Waals surface area contributed by atoms with Crippen molar-refractivity contribution in [1.29, 1.82) is 0 Å². The molecule has 1 spiro atoms. The third-order valence-corrected chi connectivity index (χ3v) is 6.38. The maximum Gasteiger partial charge on any atom is 0.249 e. The summed E-state index contributed by atoms with van der Waals surface area (Å²) in [6.07, 6.45) is 1.96. The molecule has 2 saturated heterocycles. The van der Waals surface area contributed by atoms with Gasteiger partial charge in [0.25, 0.3) is 0 Å². The van der Waals surface area contributed by atoms with Gasteiger partial charge in [-0.25, -0.2) is 13.2 Å². The SMILES string of the molecule is CC1(C)CC2(CCCN2C(=O)C2CC(F)(F)C2)CN1c1ccc(F)cc1. The van der Waals surface area contributed by atoms with Crippen LogP contribution in [0.5, 0.6) is 0 Å². The van der Waals surface area contributed by atoms with Gasteiger partial charge in [-0.3, -0.25) is 4.79 Å². The van der Waals surface area contributed by atoms with Crippen molar-refractivity contribution in [1.82, 2.24) is 4.90 Å². The minimum absolute atomic E-state index is 0.106. The van der Waals surface area contributed by atoms with Gasteiger partial charge >= 0.3 is 0 Å². The van der Waals surface area contributed by atoms with Gasteiger partial charge < -0.3 is 9.80 Å². The fraction of sp³-hybridized carbons (Fsp3) is 0.650. The molecule has 1 unspecified atom stereocenters. The highest BCUT2D eigenvalue weighted by atomic mass is 19.3. The number of amides is 1. The van der Waals surface area contributed by atoms with Gasteiger partial charge in [0.1, 0.15) is 5.82 Å². The molecule has 2 aliphatic heterocycles. The Morgan fingerprint density at radius 2 is 1.81 bits per heavy atom. The highest BCUT2D eigenvalue weighted by Crippen LogP contribution is 2.50. The van der Waals surface area contributed by atoms with E-state index in [2.05, 4.69) is 18.7 Å². The summed E-state index contributed by atoms with van der Waals surface area (Å²) in [7, 11) is 0. The van der Waals surface area contributed by atoms with Crippen LogP contribution >= 0.6 is 0 Å². The molecule has 2 heterocycles. The van der Waals surface area contributed by atoms with Crippen LogP contribution in [0, 0.1) is 11.7 Å². The van der Waals surface area contributed by atoms with Gasteiger partial charge in [0.2, 0.25) is 11.8 Å². The average molecular weight is 366 g/mol. The van der Waals surface area contributed by atoms with Crippen LogP contribution in [0.25, 0.3) is 0 Å². The molecule has 0 radical (unpaired) electrons. The van der Waals surface area contributed by atoms with Crippen LogP contribution in [0.15, 0.2) is 24.3 Å². The lowest BCUT2D eigenvalue weighted by Gasteiger charge is -2.42. The van der Waals surface area contributed by atoms with E-state index in [-0.39, 0.29) is 35.6 Å². The number of likely N-dealkylation sites (tertiary alicyclic amines) is 1. The van der Waals surface area contributed by atoms with Crippen LogP contribution in [0.3, 0.4) is 0 Å². The summed E-state index contributed by atoms with van der Waals surface area (Å²) in [5.41, 5.74) is 0.437. The summed E-state index contributed by atoms with van der Waals surface area (Å²) in [6, 6.07) is 6.43. The Balaban J connectivity index is 1.58. The maximum atomic E-state index is 13.3. The Morgan fingerprint density at radius 1 is 1.15 bits per heavy atom. The molecule has 142 valence electrons. The summed E-state index contributed by atoms with van der Waals surface area (Å²) in [5.74, 6) is -3.60. The lowest BCUT2D eigenvalue weighted by Crippen LogP contribution is -2.54. The predicted octanol–water partition coefficient (Wildman–Crippen LogP) is 4.22. The number of carbonyl (C=O) groups excluding carboxylic acids is 1. The molecule has 1 saturated carbocycles. The van der Waals surface area contributed by atoms with Crippen LogP contribution in [0.1, 0.15) is 46.0 Å². The van der Waals surface area contributed by atoms with Crippen molar-refractivity contribution in [3.05, 3.63) is 30.1 Å². The quantitative estimate of drug-likeness (QED) is 0.782. The first-order valence-corrected chi connectivity index (χ1v) is 9.35. The predicted molar refractivity (Wildman–Crippen MR) is 93.8 cm³/mol. The average Bonchev–Trinajstić information content (AvgIpc) is 3.05. The molecular weight excluding hydrogens is 341 g/mol. The Morgan fingerprint density at radius 3 is 2.42 bits per heavy atom. The van der Waals surface area contributed by atoms with Crippen LogP contribution < -0.4 is 4.90 Å². The second-order valence-corrected chi connectivity index (χ2v) is 8.83. The van der Waals surface area contributed by atoms with Gasteiger partial charge in [0.15, 0.2) is 0 Å². The molecule has 1 aromatic carbocycles. The van der Waals surface area contributed by atoms with Crippen molar-refractivity contribution in [3.8, 4) is 0 Å². The van der Waals surface area contributed by atoms with E-state index in [9.17, 15) is 18.0 Å². The molecule has 0 bridgehead atoms. The molecule has 3 nitrogen and oxygen atoms in total. The van der Waals surface area contributed by atoms with E-state index in [1.54, 1.807) is 12.1 Å². The van der Waals surface area contributed by atoms with Crippen molar-refractivity contribution in [2.45, 2.75) is 63.0 Å². The van der Waals surface area contributed by atoms with Crippen molar-refractivity contribution >= 4 is 11.6 Å². The van der Waals surface area contributed by atoms with E-state index in [0.29, 0.717) is 13.1 Å². The molecule has 3 fully saturated rings. The van der Waals surface area contributed by atoms with E-state index in [1.807, 2.05) is 4.90 Å². The van der Waals surface area contributed by atoms with Gasteiger partial charge in [-0.15, -0.1) is 0 Å². The second-order valence-electron chi connectivity index (χ2n) is 8.83. The molecule has 3 aliphatic rings. The third-order valence-electron chi connectivity index (χ3n) is 6.38. The van der Waals surface area contributed by atoms with Gasteiger partial charge in [0.05, 0.1) is 5.54 Å². The van der Waals surface area contributed by atoms with Crippen LogP contribution in [-0.2, 0) is 4.79 Å². The molecule has 6 heteroatoms. The number of hydrogen-bond donors (Lipinski definition) is 0. The van der Waals surface area contributed by atoms with Gasteiger partial charge in [-0.2, -0.15) is 0 Å². The lowest BCUT2D eigenvalue weighted by atomic mass is 9.79. The molecular formula is C20H25F3N2O. The molecule has 4 rings (SSSR count). The molecule has 1 amide bonds. The number of anilines is 1. The molecule has 0 N–H and O–H groups in total. The topological polar surface area (TPSA) is 23.6 Å². The molecule has 26 heavy (non-hydrogen) atoms. The largest absolute Gasteiger partial charge is 0.364 e. The Hall–Kier alpha value is -1.72. The minimum atomic E-state index is -2.68. The summed E-state index contributed by atoms with van der Waals surface area (Å²) >= 11 is 0. The summed E-state index contributed by atoms with van der Waals surface area (Å²) in [5, 5.41) is 0. The zero-order valence-electron chi connectivity index (χ0n) is 15.3. The van der Waals surface area contributed by atoms with E-state index >= 15 is 0 Å². The van der Waals surface area contributed by atoms with Crippen molar-refractivity contribution < 1.29 is 18.0 Å².